The van der Waals surface area contributed by atoms with Gasteiger partial charge in [-0.1, -0.05) is 24.3 Å². The standard InChI is InChI=1S/C19H28N2O/c1-3-21(4-2)19(22)18-12-10-17(11-13-18)15-20-14-16-8-6-5-7-9-16/h5-6,10-13,16,20H,3-4,7-9,14-15H2,1-2H3. The van der Waals surface area contributed by atoms with Crippen LogP contribution in [0.3, 0.4) is 0 Å². The summed E-state index contributed by atoms with van der Waals surface area (Å²) in [6.45, 7) is 7.49. The van der Waals surface area contributed by atoms with Crippen LogP contribution in [0.1, 0.15) is 49.0 Å². The van der Waals surface area contributed by atoms with E-state index in [0.29, 0.717) is 0 Å². The van der Waals surface area contributed by atoms with Gasteiger partial charge in [-0.05, 0) is 63.3 Å². The fourth-order valence-electron chi connectivity index (χ4n) is 2.92. The van der Waals surface area contributed by atoms with Crippen LogP contribution in [-0.4, -0.2) is 30.4 Å². The smallest absolute Gasteiger partial charge is 0.253 e. The summed E-state index contributed by atoms with van der Waals surface area (Å²) in [6.07, 6.45) is 8.28. The molecule has 22 heavy (non-hydrogen) atoms. The van der Waals surface area contributed by atoms with Crippen LogP contribution in [0.5, 0.6) is 0 Å². The van der Waals surface area contributed by atoms with Crippen molar-refractivity contribution in [2.75, 3.05) is 19.6 Å². The van der Waals surface area contributed by atoms with E-state index < -0.39 is 0 Å². The summed E-state index contributed by atoms with van der Waals surface area (Å²) in [7, 11) is 0. The number of carbonyl (C=O) groups is 1. The Labute approximate surface area is 134 Å². The predicted molar refractivity (Wildman–Crippen MR) is 91.9 cm³/mol. The molecule has 0 bridgehead atoms. The second-order valence-electron chi connectivity index (χ2n) is 5.96. The summed E-state index contributed by atoms with van der Waals surface area (Å²) < 4.78 is 0. The van der Waals surface area contributed by atoms with Gasteiger partial charge in [-0.15, -0.1) is 0 Å². The molecule has 0 fully saturated rings. The van der Waals surface area contributed by atoms with Gasteiger partial charge < -0.3 is 10.2 Å². The lowest BCUT2D eigenvalue weighted by Gasteiger charge is -2.19. The molecule has 0 radical (unpaired) electrons. The summed E-state index contributed by atoms with van der Waals surface area (Å²) in [6, 6.07) is 8.01. The van der Waals surface area contributed by atoms with Crippen LogP contribution in [-0.2, 0) is 6.54 Å². The predicted octanol–water partition coefficient (Wildman–Crippen LogP) is 3.61. The number of hydrogen-bond donors (Lipinski definition) is 1. The third-order valence-corrected chi connectivity index (χ3v) is 4.39. The summed E-state index contributed by atoms with van der Waals surface area (Å²) in [5.41, 5.74) is 2.02. The zero-order valence-corrected chi connectivity index (χ0v) is 13.8. The highest BCUT2D eigenvalue weighted by atomic mass is 16.2. The molecule has 1 unspecified atom stereocenters. The number of allylic oxidation sites excluding steroid dienone is 2. The van der Waals surface area contributed by atoms with Crippen LogP contribution in [0.15, 0.2) is 36.4 Å². The van der Waals surface area contributed by atoms with Crippen molar-refractivity contribution in [1.29, 1.82) is 0 Å². The summed E-state index contributed by atoms with van der Waals surface area (Å²) in [5.74, 6) is 0.895. The Kier molecular flexibility index (Phi) is 6.66. The maximum absolute atomic E-state index is 12.2. The van der Waals surface area contributed by atoms with Gasteiger partial charge in [0, 0.05) is 25.2 Å². The average Bonchev–Trinajstić information content (AvgIpc) is 2.57. The Bertz CT molecular complexity index is 489. The van der Waals surface area contributed by atoms with Crippen molar-refractivity contribution in [3.8, 4) is 0 Å². The fraction of sp³-hybridized carbons (Fsp3) is 0.526. The van der Waals surface area contributed by atoms with Crippen molar-refractivity contribution in [2.45, 2.75) is 39.7 Å². The van der Waals surface area contributed by atoms with E-state index in [1.807, 2.05) is 30.9 Å². The largest absolute Gasteiger partial charge is 0.339 e. The van der Waals surface area contributed by atoms with Gasteiger partial charge in [-0.3, -0.25) is 4.79 Å². The molecule has 1 amide bonds. The van der Waals surface area contributed by atoms with Crippen LogP contribution in [0.4, 0.5) is 0 Å². The maximum atomic E-state index is 12.2. The van der Waals surface area contributed by atoms with E-state index in [1.165, 1.54) is 24.8 Å². The van der Waals surface area contributed by atoms with Crippen LogP contribution in [0.2, 0.25) is 0 Å². The third kappa shape index (κ3) is 4.70. The van der Waals surface area contributed by atoms with Crippen molar-refractivity contribution in [1.82, 2.24) is 10.2 Å². The number of amides is 1. The SMILES string of the molecule is CCN(CC)C(=O)c1ccc(CNCC2CC=CCC2)cc1. The van der Waals surface area contributed by atoms with Crippen LogP contribution in [0.25, 0.3) is 0 Å². The number of rotatable bonds is 7. The van der Waals surface area contributed by atoms with E-state index in [2.05, 4.69) is 29.6 Å². The van der Waals surface area contributed by atoms with E-state index in [1.54, 1.807) is 0 Å². The van der Waals surface area contributed by atoms with Crippen LogP contribution in [0, 0.1) is 5.92 Å². The molecular weight excluding hydrogens is 272 g/mol. The number of nitrogens with one attached hydrogen (secondary N) is 1. The molecule has 1 atom stereocenters. The zero-order chi connectivity index (χ0) is 15.8. The van der Waals surface area contributed by atoms with Gasteiger partial charge in [0.1, 0.15) is 0 Å². The van der Waals surface area contributed by atoms with E-state index in [4.69, 9.17) is 0 Å². The van der Waals surface area contributed by atoms with Gasteiger partial charge in [0.05, 0.1) is 0 Å². The normalized spacial score (nSPS) is 17.5. The monoisotopic (exact) mass is 300 g/mol. The highest BCUT2D eigenvalue weighted by Crippen LogP contribution is 2.17. The lowest BCUT2D eigenvalue weighted by atomic mass is 9.94. The first-order valence-electron chi connectivity index (χ1n) is 8.48. The zero-order valence-electron chi connectivity index (χ0n) is 13.8. The molecule has 0 spiro atoms. The number of nitrogens with zero attached hydrogens (tertiary/aromatic N) is 1. The Morgan fingerprint density at radius 3 is 2.50 bits per heavy atom. The molecule has 120 valence electrons. The van der Waals surface area contributed by atoms with Crippen LogP contribution >= 0.6 is 0 Å². The third-order valence-electron chi connectivity index (χ3n) is 4.39. The molecule has 0 aromatic heterocycles. The van der Waals surface area contributed by atoms with Gasteiger partial charge in [0.15, 0.2) is 0 Å². The molecule has 0 heterocycles. The molecule has 0 saturated heterocycles. The average molecular weight is 300 g/mol. The van der Waals surface area contributed by atoms with Crippen molar-refractivity contribution < 1.29 is 4.79 Å². The minimum absolute atomic E-state index is 0.124. The second-order valence-corrected chi connectivity index (χ2v) is 5.96. The topological polar surface area (TPSA) is 32.3 Å². The molecule has 1 aromatic carbocycles. The minimum Gasteiger partial charge on any atom is -0.339 e. The van der Waals surface area contributed by atoms with Crippen molar-refractivity contribution in [3.63, 3.8) is 0 Å². The quantitative estimate of drug-likeness (QED) is 0.780. The number of benzene rings is 1. The molecule has 2 rings (SSSR count). The highest BCUT2D eigenvalue weighted by molar-refractivity contribution is 5.94. The van der Waals surface area contributed by atoms with Gasteiger partial charge in [0.25, 0.3) is 5.91 Å². The van der Waals surface area contributed by atoms with Crippen LogP contribution < -0.4 is 5.32 Å². The van der Waals surface area contributed by atoms with Gasteiger partial charge in [-0.25, -0.2) is 0 Å². The summed E-state index contributed by atoms with van der Waals surface area (Å²) in [5, 5.41) is 3.54. The molecule has 1 aromatic rings. The van der Waals surface area contributed by atoms with E-state index >= 15 is 0 Å². The highest BCUT2D eigenvalue weighted by Gasteiger charge is 2.12. The molecule has 3 heteroatoms. The molecule has 0 saturated carbocycles. The molecule has 1 aliphatic rings. The Morgan fingerprint density at radius 1 is 1.18 bits per heavy atom. The van der Waals surface area contributed by atoms with E-state index in [0.717, 1.165) is 37.7 Å². The Balaban J connectivity index is 1.81. The first kappa shape index (κ1) is 16.8. The fourth-order valence-corrected chi connectivity index (χ4v) is 2.92. The van der Waals surface area contributed by atoms with E-state index in [9.17, 15) is 4.79 Å². The Morgan fingerprint density at radius 2 is 1.91 bits per heavy atom. The van der Waals surface area contributed by atoms with E-state index in [-0.39, 0.29) is 5.91 Å². The second kappa shape index (κ2) is 8.74. The molecule has 3 nitrogen and oxygen atoms in total. The first-order valence-corrected chi connectivity index (χ1v) is 8.48. The number of carbonyl (C=O) groups excluding carboxylic acids is 1. The summed E-state index contributed by atoms with van der Waals surface area (Å²) >= 11 is 0. The van der Waals surface area contributed by atoms with Gasteiger partial charge in [0.2, 0.25) is 0 Å². The number of hydrogen-bond acceptors (Lipinski definition) is 2. The minimum atomic E-state index is 0.124. The Hall–Kier alpha value is -1.61. The maximum Gasteiger partial charge on any atom is 0.253 e. The lowest BCUT2D eigenvalue weighted by molar-refractivity contribution is 0.0773. The molecule has 0 aliphatic heterocycles. The van der Waals surface area contributed by atoms with Gasteiger partial charge >= 0.3 is 0 Å². The van der Waals surface area contributed by atoms with Crippen molar-refractivity contribution >= 4 is 5.91 Å². The summed E-state index contributed by atoms with van der Waals surface area (Å²) in [4.78, 5) is 14.1. The van der Waals surface area contributed by atoms with Crippen molar-refractivity contribution in [2.24, 2.45) is 5.92 Å². The molecule has 1 aliphatic carbocycles. The van der Waals surface area contributed by atoms with Crippen molar-refractivity contribution in [3.05, 3.63) is 47.5 Å². The molecule has 1 N–H and O–H groups in total. The van der Waals surface area contributed by atoms with Gasteiger partial charge in [-0.2, -0.15) is 0 Å². The first-order chi connectivity index (χ1) is 10.7. The lowest BCUT2D eigenvalue weighted by Crippen LogP contribution is -2.30. The molecular formula is C19H28N2O.